The van der Waals surface area contributed by atoms with Gasteiger partial charge in [0.25, 0.3) is 0 Å². The number of rotatable bonds is 2. The lowest BCUT2D eigenvalue weighted by atomic mass is 9.60. The number of benzene rings is 1. The Hall–Kier alpha value is -0.570. The van der Waals surface area contributed by atoms with Crippen molar-refractivity contribution in [3.05, 3.63) is 34.9 Å². The minimum absolute atomic E-state index is 0.422. The van der Waals surface area contributed by atoms with E-state index in [2.05, 4.69) is 17.4 Å². The van der Waals surface area contributed by atoms with Crippen LogP contribution in [0.3, 0.4) is 0 Å². The summed E-state index contributed by atoms with van der Waals surface area (Å²) in [4.78, 5) is 0. The van der Waals surface area contributed by atoms with E-state index < -0.39 is 0 Å². The van der Waals surface area contributed by atoms with Crippen LogP contribution in [-0.2, 0) is 4.74 Å². The maximum absolute atomic E-state index is 6.46. The van der Waals surface area contributed by atoms with Crippen LogP contribution < -0.4 is 5.32 Å². The molecule has 1 aliphatic heterocycles. The summed E-state index contributed by atoms with van der Waals surface area (Å²) < 4.78 is 5.55. The van der Waals surface area contributed by atoms with Crippen molar-refractivity contribution in [2.45, 2.75) is 44.1 Å². The van der Waals surface area contributed by atoms with Crippen molar-refractivity contribution in [3.8, 4) is 0 Å². The second-order valence-corrected chi connectivity index (χ2v) is 6.73. The molecule has 2 nitrogen and oxygen atoms in total. The van der Waals surface area contributed by atoms with E-state index in [0.717, 1.165) is 18.1 Å². The summed E-state index contributed by atoms with van der Waals surface area (Å²) in [5.74, 6) is 0.544. The SMILES string of the molecule is COC1CCC2(CCNCC2c2ccccc2Cl)CC1. The lowest BCUT2D eigenvalue weighted by Gasteiger charge is -2.49. The fourth-order valence-electron chi connectivity index (χ4n) is 4.17. The van der Waals surface area contributed by atoms with Gasteiger partial charge in [0.2, 0.25) is 0 Å². The predicted octanol–water partition coefficient (Wildman–Crippen LogP) is 3.99. The molecule has 2 aliphatic rings. The van der Waals surface area contributed by atoms with Crippen LogP contribution in [0.4, 0.5) is 0 Å². The summed E-state index contributed by atoms with van der Waals surface area (Å²) in [7, 11) is 1.84. The van der Waals surface area contributed by atoms with E-state index in [1.807, 2.05) is 19.2 Å². The first kappa shape index (κ1) is 14.4. The summed E-state index contributed by atoms with van der Waals surface area (Å²) in [5, 5.41) is 4.49. The first-order valence-electron chi connectivity index (χ1n) is 7.73. The standard InChI is InChI=1S/C17H24ClNO/c1-20-13-6-8-17(9-7-13)10-11-19-12-15(17)14-4-2-3-5-16(14)18/h2-5,13,15,19H,6-12H2,1H3. The van der Waals surface area contributed by atoms with Crippen molar-refractivity contribution in [2.24, 2.45) is 5.41 Å². The molecular weight excluding hydrogens is 270 g/mol. The van der Waals surface area contributed by atoms with E-state index in [9.17, 15) is 0 Å². The van der Waals surface area contributed by atoms with Gasteiger partial charge in [-0.15, -0.1) is 0 Å². The van der Waals surface area contributed by atoms with Crippen molar-refractivity contribution in [1.82, 2.24) is 5.32 Å². The van der Waals surface area contributed by atoms with Crippen LogP contribution in [0.25, 0.3) is 0 Å². The highest BCUT2D eigenvalue weighted by molar-refractivity contribution is 6.31. The zero-order valence-corrected chi connectivity index (χ0v) is 13.0. The second kappa shape index (κ2) is 6.05. The summed E-state index contributed by atoms with van der Waals surface area (Å²) in [6, 6.07) is 8.38. The molecular formula is C17H24ClNO. The highest BCUT2D eigenvalue weighted by Crippen LogP contribution is 2.52. The van der Waals surface area contributed by atoms with Gasteiger partial charge >= 0.3 is 0 Å². The zero-order valence-electron chi connectivity index (χ0n) is 12.2. The molecule has 1 atom stereocenters. The molecule has 1 aliphatic carbocycles. The molecule has 3 heteroatoms. The Morgan fingerprint density at radius 2 is 1.95 bits per heavy atom. The van der Waals surface area contributed by atoms with Gasteiger partial charge in [0.15, 0.2) is 0 Å². The molecule has 1 N–H and O–H groups in total. The van der Waals surface area contributed by atoms with Gasteiger partial charge in [-0.25, -0.2) is 0 Å². The van der Waals surface area contributed by atoms with Gasteiger partial charge in [0, 0.05) is 24.6 Å². The average Bonchev–Trinajstić information content (AvgIpc) is 2.50. The fraction of sp³-hybridized carbons (Fsp3) is 0.647. The number of hydrogen-bond donors (Lipinski definition) is 1. The van der Waals surface area contributed by atoms with Gasteiger partial charge in [-0.05, 0) is 55.7 Å². The number of halogens is 1. The molecule has 3 rings (SSSR count). The van der Waals surface area contributed by atoms with Gasteiger partial charge in [-0.1, -0.05) is 29.8 Å². The second-order valence-electron chi connectivity index (χ2n) is 6.33. The molecule has 1 saturated heterocycles. The molecule has 0 amide bonds. The van der Waals surface area contributed by atoms with Crippen LogP contribution in [0.15, 0.2) is 24.3 Å². The summed E-state index contributed by atoms with van der Waals surface area (Å²) in [6.07, 6.45) is 6.64. The Morgan fingerprint density at radius 1 is 1.20 bits per heavy atom. The molecule has 110 valence electrons. The van der Waals surface area contributed by atoms with Gasteiger partial charge in [-0.3, -0.25) is 0 Å². The number of methoxy groups -OCH3 is 1. The number of ether oxygens (including phenoxy) is 1. The fourth-order valence-corrected chi connectivity index (χ4v) is 4.44. The normalized spacial score (nSPS) is 34.3. The Kier molecular flexibility index (Phi) is 4.34. The summed E-state index contributed by atoms with van der Waals surface area (Å²) >= 11 is 6.46. The Bertz CT molecular complexity index is 454. The van der Waals surface area contributed by atoms with Crippen LogP contribution in [0.1, 0.15) is 43.6 Å². The molecule has 1 saturated carbocycles. The molecule has 20 heavy (non-hydrogen) atoms. The smallest absolute Gasteiger partial charge is 0.0571 e. The van der Waals surface area contributed by atoms with Crippen molar-refractivity contribution in [3.63, 3.8) is 0 Å². The Labute approximate surface area is 126 Å². The number of piperidine rings is 1. The monoisotopic (exact) mass is 293 g/mol. The first-order valence-corrected chi connectivity index (χ1v) is 8.11. The van der Waals surface area contributed by atoms with E-state index >= 15 is 0 Å². The van der Waals surface area contributed by atoms with Crippen molar-refractivity contribution in [1.29, 1.82) is 0 Å². The maximum atomic E-state index is 6.46. The van der Waals surface area contributed by atoms with Gasteiger partial charge in [-0.2, -0.15) is 0 Å². The summed E-state index contributed by atoms with van der Waals surface area (Å²) in [6.45, 7) is 2.19. The Morgan fingerprint density at radius 3 is 2.65 bits per heavy atom. The van der Waals surface area contributed by atoms with Crippen molar-refractivity contribution >= 4 is 11.6 Å². The van der Waals surface area contributed by atoms with Crippen molar-refractivity contribution in [2.75, 3.05) is 20.2 Å². The van der Waals surface area contributed by atoms with Gasteiger partial charge in [0.1, 0.15) is 0 Å². The van der Waals surface area contributed by atoms with Crippen LogP contribution in [0.5, 0.6) is 0 Å². The van der Waals surface area contributed by atoms with Crippen LogP contribution >= 0.6 is 11.6 Å². The average molecular weight is 294 g/mol. The van der Waals surface area contributed by atoms with E-state index in [4.69, 9.17) is 16.3 Å². The lowest BCUT2D eigenvalue weighted by molar-refractivity contribution is 0.00446. The molecule has 0 radical (unpaired) electrons. The zero-order chi connectivity index (χ0) is 14.0. The summed E-state index contributed by atoms with van der Waals surface area (Å²) in [5.41, 5.74) is 1.75. The molecule has 1 spiro atoms. The highest BCUT2D eigenvalue weighted by atomic mass is 35.5. The quantitative estimate of drug-likeness (QED) is 0.890. The Balaban J connectivity index is 1.86. The molecule has 1 unspecified atom stereocenters. The topological polar surface area (TPSA) is 21.3 Å². The third-order valence-electron chi connectivity index (χ3n) is 5.43. The maximum Gasteiger partial charge on any atom is 0.0571 e. The minimum atomic E-state index is 0.422. The first-order chi connectivity index (χ1) is 9.75. The largest absolute Gasteiger partial charge is 0.381 e. The predicted molar refractivity (Wildman–Crippen MR) is 83.4 cm³/mol. The third kappa shape index (κ3) is 2.61. The number of nitrogens with one attached hydrogen (secondary N) is 1. The van der Waals surface area contributed by atoms with Crippen LogP contribution in [0.2, 0.25) is 5.02 Å². The van der Waals surface area contributed by atoms with E-state index in [1.165, 1.54) is 37.7 Å². The highest BCUT2D eigenvalue weighted by Gasteiger charge is 2.44. The van der Waals surface area contributed by atoms with Crippen LogP contribution in [-0.4, -0.2) is 26.3 Å². The van der Waals surface area contributed by atoms with E-state index in [-0.39, 0.29) is 0 Å². The number of hydrogen-bond acceptors (Lipinski definition) is 2. The molecule has 2 fully saturated rings. The minimum Gasteiger partial charge on any atom is -0.381 e. The van der Waals surface area contributed by atoms with Gasteiger partial charge in [0.05, 0.1) is 6.10 Å². The lowest BCUT2D eigenvalue weighted by Crippen LogP contribution is -2.46. The molecule has 1 aromatic carbocycles. The van der Waals surface area contributed by atoms with Crippen LogP contribution in [0, 0.1) is 5.41 Å². The van der Waals surface area contributed by atoms with E-state index in [0.29, 0.717) is 17.4 Å². The molecule has 0 aromatic heterocycles. The van der Waals surface area contributed by atoms with Crippen molar-refractivity contribution < 1.29 is 4.74 Å². The molecule has 0 bridgehead atoms. The van der Waals surface area contributed by atoms with E-state index in [1.54, 1.807) is 0 Å². The molecule has 1 aromatic rings. The third-order valence-corrected chi connectivity index (χ3v) is 5.77. The van der Waals surface area contributed by atoms with Gasteiger partial charge < -0.3 is 10.1 Å². The molecule has 1 heterocycles.